The highest BCUT2D eigenvalue weighted by Crippen LogP contribution is 2.37. The molecule has 0 fully saturated rings. The van der Waals surface area contributed by atoms with E-state index in [4.69, 9.17) is 16.3 Å². The van der Waals surface area contributed by atoms with Crippen LogP contribution in [0, 0.1) is 6.92 Å². The van der Waals surface area contributed by atoms with Crippen molar-refractivity contribution < 1.29 is 32.3 Å². The van der Waals surface area contributed by atoms with Crippen molar-refractivity contribution in [3.8, 4) is 0 Å². The predicted molar refractivity (Wildman–Crippen MR) is 128 cm³/mol. The van der Waals surface area contributed by atoms with Crippen LogP contribution in [0.5, 0.6) is 0 Å². The number of amides is 2. The molecule has 0 aliphatic rings. The maximum Gasteiger partial charge on any atom is 0.416 e. The summed E-state index contributed by atoms with van der Waals surface area (Å²) >= 11 is 6.79. The molecule has 2 amide bonds. The molecule has 0 atom stereocenters. The number of carbonyl (C=O) groups excluding carboxylic acids is 3. The molecule has 0 aliphatic heterocycles. The standard InChI is InChI=1S/C24H20ClF3N2O4S/c1-3-34-23(33)19-13(2)20(35-22(19)30-18(31)11-14-7-5-4-6-8-14)21(32)29-17-12-15(24(26,27)28)9-10-16(17)25/h4-10,12H,3,11H2,1-2H3,(H,29,32)(H,30,31). The van der Waals surface area contributed by atoms with Crippen molar-refractivity contribution in [3.05, 3.63) is 80.7 Å². The van der Waals surface area contributed by atoms with Gasteiger partial charge in [0, 0.05) is 0 Å². The molecule has 0 aliphatic carbocycles. The van der Waals surface area contributed by atoms with Gasteiger partial charge in [-0.2, -0.15) is 13.2 Å². The number of hydrogen-bond donors (Lipinski definition) is 2. The number of carbonyl (C=O) groups is 3. The van der Waals surface area contributed by atoms with Crippen molar-refractivity contribution in [1.29, 1.82) is 0 Å². The van der Waals surface area contributed by atoms with Crippen LogP contribution in [0.2, 0.25) is 5.02 Å². The van der Waals surface area contributed by atoms with E-state index in [1.165, 1.54) is 6.92 Å². The highest BCUT2D eigenvalue weighted by molar-refractivity contribution is 7.19. The second kappa shape index (κ2) is 10.9. The van der Waals surface area contributed by atoms with E-state index < -0.39 is 29.5 Å². The summed E-state index contributed by atoms with van der Waals surface area (Å²) in [4.78, 5) is 38.2. The average molecular weight is 525 g/mol. The van der Waals surface area contributed by atoms with Gasteiger partial charge in [0.05, 0.1) is 39.7 Å². The van der Waals surface area contributed by atoms with Crippen molar-refractivity contribution in [2.75, 3.05) is 17.2 Å². The lowest BCUT2D eigenvalue weighted by Gasteiger charge is -2.11. The van der Waals surface area contributed by atoms with E-state index in [2.05, 4.69) is 10.6 Å². The second-order valence-electron chi connectivity index (χ2n) is 7.34. The lowest BCUT2D eigenvalue weighted by molar-refractivity contribution is -0.137. The van der Waals surface area contributed by atoms with E-state index in [9.17, 15) is 27.6 Å². The first kappa shape index (κ1) is 26.2. The number of rotatable bonds is 7. The number of benzene rings is 2. The minimum atomic E-state index is -4.63. The van der Waals surface area contributed by atoms with Crippen molar-refractivity contribution >= 4 is 51.4 Å². The summed E-state index contributed by atoms with van der Waals surface area (Å²) in [7, 11) is 0. The van der Waals surface area contributed by atoms with E-state index in [0.29, 0.717) is 0 Å². The molecule has 0 saturated heterocycles. The molecule has 1 heterocycles. The van der Waals surface area contributed by atoms with Crippen molar-refractivity contribution in [2.45, 2.75) is 26.4 Å². The molecule has 6 nitrogen and oxygen atoms in total. The summed E-state index contributed by atoms with van der Waals surface area (Å²) in [5.74, 6) is -1.95. The molecule has 3 rings (SSSR count). The van der Waals surface area contributed by atoms with Gasteiger partial charge in [-0.25, -0.2) is 4.79 Å². The fourth-order valence-electron chi connectivity index (χ4n) is 3.20. The van der Waals surface area contributed by atoms with Crippen LogP contribution in [-0.4, -0.2) is 24.4 Å². The molecule has 0 spiro atoms. The zero-order valence-corrected chi connectivity index (χ0v) is 20.2. The van der Waals surface area contributed by atoms with E-state index in [1.807, 2.05) is 6.07 Å². The quantitative estimate of drug-likeness (QED) is 0.353. The predicted octanol–water partition coefficient (Wildman–Crippen LogP) is 6.34. The minimum Gasteiger partial charge on any atom is -0.462 e. The lowest BCUT2D eigenvalue weighted by Crippen LogP contribution is -2.16. The summed E-state index contributed by atoms with van der Waals surface area (Å²) in [6.45, 7) is 3.15. The largest absolute Gasteiger partial charge is 0.462 e. The zero-order chi connectivity index (χ0) is 25.8. The van der Waals surface area contributed by atoms with Gasteiger partial charge >= 0.3 is 12.1 Å². The smallest absolute Gasteiger partial charge is 0.416 e. The second-order valence-corrected chi connectivity index (χ2v) is 8.77. The van der Waals surface area contributed by atoms with E-state index in [-0.39, 0.29) is 44.7 Å². The van der Waals surface area contributed by atoms with Gasteiger partial charge in [-0.05, 0) is 43.2 Å². The maximum atomic E-state index is 13.1. The third kappa shape index (κ3) is 6.40. The van der Waals surface area contributed by atoms with Crippen LogP contribution in [0.1, 0.15) is 43.6 Å². The molecule has 0 radical (unpaired) electrons. The van der Waals surface area contributed by atoms with Gasteiger partial charge < -0.3 is 15.4 Å². The first-order chi connectivity index (χ1) is 16.5. The Morgan fingerprint density at radius 2 is 1.74 bits per heavy atom. The van der Waals surface area contributed by atoms with Crippen LogP contribution in [0.25, 0.3) is 0 Å². The van der Waals surface area contributed by atoms with Crippen molar-refractivity contribution in [1.82, 2.24) is 0 Å². The Hall–Kier alpha value is -3.37. The monoisotopic (exact) mass is 524 g/mol. The first-order valence-electron chi connectivity index (χ1n) is 10.3. The molecule has 0 bridgehead atoms. The first-order valence-corrected chi connectivity index (χ1v) is 11.5. The Morgan fingerprint density at radius 1 is 1.06 bits per heavy atom. The fourth-order valence-corrected chi connectivity index (χ4v) is 4.47. The molecule has 0 saturated carbocycles. The van der Waals surface area contributed by atoms with Gasteiger partial charge in [-0.1, -0.05) is 41.9 Å². The van der Waals surface area contributed by atoms with E-state index >= 15 is 0 Å². The van der Waals surface area contributed by atoms with Crippen LogP contribution in [0.4, 0.5) is 23.9 Å². The third-order valence-electron chi connectivity index (χ3n) is 4.83. The summed E-state index contributed by atoms with van der Waals surface area (Å²) in [6.07, 6.45) is -4.60. The molecule has 1 aromatic heterocycles. The van der Waals surface area contributed by atoms with Crippen LogP contribution in [0.3, 0.4) is 0 Å². The van der Waals surface area contributed by atoms with Gasteiger partial charge in [0.1, 0.15) is 5.00 Å². The number of esters is 1. The SMILES string of the molecule is CCOC(=O)c1c(NC(=O)Cc2ccccc2)sc(C(=O)Nc2cc(C(F)(F)F)ccc2Cl)c1C. The Kier molecular flexibility index (Phi) is 8.18. The van der Waals surface area contributed by atoms with Crippen LogP contribution >= 0.6 is 22.9 Å². The summed E-state index contributed by atoms with van der Waals surface area (Å²) < 4.78 is 44.3. The number of alkyl halides is 3. The number of ether oxygens (including phenoxy) is 1. The Bertz CT molecular complexity index is 1260. The Morgan fingerprint density at radius 3 is 2.37 bits per heavy atom. The molecule has 11 heteroatoms. The molecule has 2 N–H and O–H groups in total. The Balaban J connectivity index is 1.92. The van der Waals surface area contributed by atoms with E-state index in [0.717, 1.165) is 35.1 Å². The summed E-state index contributed by atoms with van der Waals surface area (Å²) in [5.41, 5.74) is -0.274. The third-order valence-corrected chi connectivity index (χ3v) is 6.37. The highest BCUT2D eigenvalue weighted by Gasteiger charge is 2.32. The summed E-state index contributed by atoms with van der Waals surface area (Å²) in [5, 5.41) is 5.01. The zero-order valence-electron chi connectivity index (χ0n) is 18.6. The number of anilines is 2. The molecule has 0 unspecified atom stereocenters. The lowest BCUT2D eigenvalue weighted by atomic mass is 10.1. The summed E-state index contributed by atoms with van der Waals surface area (Å²) in [6, 6.07) is 11.5. The van der Waals surface area contributed by atoms with Crippen molar-refractivity contribution in [2.24, 2.45) is 0 Å². The minimum absolute atomic E-state index is 0.00134. The van der Waals surface area contributed by atoms with Crippen LogP contribution in [-0.2, 0) is 22.1 Å². The maximum absolute atomic E-state index is 13.1. The van der Waals surface area contributed by atoms with Gasteiger partial charge in [0.25, 0.3) is 5.91 Å². The average Bonchev–Trinajstić information content (AvgIpc) is 3.11. The van der Waals surface area contributed by atoms with Gasteiger partial charge in [-0.15, -0.1) is 11.3 Å². The normalized spacial score (nSPS) is 11.1. The Labute approximate surface area is 208 Å². The van der Waals surface area contributed by atoms with Gasteiger partial charge in [0.2, 0.25) is 5.91 Å². The fraction of sp³-hybridized carbons (Fsp3) is 0.208. The molecular formula is C24H20ClF3N2O4S. The van der Waals surface area contributed by atoms with Gasteiger partial charge in [-0.3, -0.25) is 9.59 Å². The van der Waals surface area contributed by atoms with Gasteiger partial charge in [0.15, 0.2) is 0 Å². The number of halogens is 4. The molecular weight excluding hydrogens is 505 g/mol. The van der Waals surface area contributed by atoms with Crippen molar-refractivity contribution in [3.63, 3.8) is 0 Å². The number of hydrogen-bond acceptors (Lipinski definition) is 5. The molecule has 2 aromatic carbocycles. The molecule has 3 aromatic rings. The number of thiophene rings is 1. The molecule has 184 valence electrons. The number of nitrogens with one attached hydrogen (secondary N) is 2. The molecule has 35 heavy (non-hydrogen) atoms. The highest BCUT2D eigenvalue weighted by atomic mass is 35.5. The topological polar surface area (TPSA) is 84.5 Å². The van der Waals surface area contributed by atoms with E-state index in [1.54, 1.807) is 31.2 Å². The van der Waals surface area contributed by atoms with Crippen LogP contribution < -0.4 is 10.6 Å². The van der Waals surface area contributed by atoms with Crippen LogP contribution in [0.15, 0.2) is 48.5 Å².